The van der Waals surface area contributed by atoms with Crippen LogP contribution in [-0.4, -0.2) is 50.8 Å². The Kier molecular flexibility index (Phi) is 4.88. The molecular formula is C19H23N7O. The minimum Gasteiger partial charge on any atom is -0.369 e. The van der Waals surface area contributed by atoms with Gasteiger partial charge in [-0.05, 0) is 17.2 Å². The number of rotatable bonds is 5. The van der Waals surface area contributed by atoms with E-state index in [1.165, 1.54) is 17.2 Å². The zero-order chi connectivity index (χ0) is 18.6. The molecule has 3 N–H and O–H groups in total. The third-order valence-corrected chi connectivity index (χ3v) is 4.74. The largest absolute Gasteiger partial charge is 0.369 e. The van der Waals surface area contributed by atoms with Crippen molar-refractivity contribution in [3.8, 4) is 0 Å². The summed E-state index contributed by atoms with van der Waals surface area (Å²) in [5, 5.41) is 4.27. The number of hydrogen-bond acceptors (Lipinski definition) is 6. The van der Waals surface area contributed by atoms with Crippen LogP contribution in [0.4, 0.5) is 11.8 Å². The Labute approximate surface area is 157 Å². The highest BCUT2D eigenvalue weighted by Crippen LogP contribution is 2.15. The Balaban J connectivity index is 1.36. The van der Waals surface area contributed by atoms with E-state index in [1.54, 1.807) is 6.20 Å². The molecule has 0 bridgehead atoms. The number of hydrogen-bond donors (Lipinski definition) is 2. The molecule has 0 amide bonds. The van der Waals surface area contributed by atoms with Gasteiger partial charge < -0.3 is 10.6 Å². The summed E-state index contributed by atoms with van der Waals surface area (Å²) in [5.41, 5.74) is 7.98. The van der Waals surface area contributed by atoms with Gasteiger partial charge in [0.05, 0.1) is 6.54 Å². The summed E-state index contributed by atoms with van der Waals surface area (Å²) in [6, 6.07) is 12.1. The van der Waals surface area contributed by atoms with Crippen LogP contribution < -0.4 is 16.2 Å². The molecule has 2 aromatic heterocycles. The fourth-order valence-corrected chi connectivity index (χ4v) is 3.43. The molecule has 1 aliphatic heterocycles. The van der Waals surface area contributed by atoms with E-state index < -0.39 is 0 Å². The highest BCUT2D eigenvalue weighted by atomic mass is 16.1. The first-order valence-corrected chi connectivity index (χ1v) is 9.05. The number of anilines is 2. The molecule has 1 fully saturated rings. The topological polar surface area (TPSA) is 96.1 Å². The lowest BCUT2D eigenvalue weighted by Crippen LogP contribution is -2.46. The summed E-state index contributed by atoms with van der Waals surface area (Å²) in [5.74, 6) is 0.811. The van der Waals surface area contributed by atoms with Gasteiger partial charge in [-0.3, -0.25) is 19.4 Å². The van der Waals surface area contributed by atoms with Gasteiger partial charge in [-0.15, -0.1) is 0 Å². The van der Waals surface area contributed by atoms with Gasteiger partial charge in [-0.2, -0.15) is 10.1 Å². The van der Waals surface area contributed by atoms with Gasteiger partial charge in [0, 0.05) is 51.2 Å². The number of nitrogens with zero attached hydrogens (tertiary/aromatic N) is 5. The van der Waals surface area contributed by atoms with Crippen molar-refractivity contribution in [3.05, 3.63) is 70.3 Å². The van der Waals surface area contributed by atoms with Crippen LogP contribution in [0.25, 0.3) is 0 Å². The first kappa shape index (κ1) is 17.3. The lowest BCUT2D eigenvalue weighted by atomic mass is 10.1. The number of nitrogens with one attached hydrogen (secondary N) is 1. The van der Waals surface area contributed by atoms with Crippen molar-refractivity contribution < 1.29 is 0 Å². The Morgan fingerprint density at radius 3 is 2.52 bits per heavy atom. The third-order valence-electron chi connectivity index (χ3n) is 4.74. The normalized spacial score (nSPS) is 15.2. The molecule has 0 atom stereocenters. The number of aromatic nitrogens is 4. The Bertz CT molecular complexity index is 943. The van der Waals surface area contributed by atoms with E-state index in [1.807, 2.05) is 16.9 Å². The summed E-state index contributed by atoms with van der Waals surface area (Å²) in [6.45, 7) is 5.16. The standard InChI is InChI=1S/C19H23N7O/c20-19-22-17(12-18(27)23-19)25-9-7-24(8-10-25)13-15-3-1-4-16(11-15)14-26-6-2-5-21-26/h1-6,11-12H,7-10,13-14H2,(H3,20,22,23,27). The van der Waals surface area contributed by atoms with E-state index >= 15 is 0 Å². The molecular weight excluding hydrogens is 342 g/mol. The lowest BCUT2D eigenvalue weighted by molar-refractivity contribution is 0.249. The fraction of sp³-hybridized carbons (Fsp3) is 0.316. The van der Waals surface area contributed by atoms with Crippen LogP contribution in [0.3, 0.4) is 0 Å². The minimum absolute atomic E-state index is 0.161. The van der Waals surface area contributed by atoms with Crippen molar-refractivity contribution in [3.63, 3.8) is 0 Å². The maximum atomic E-state index is 11.6. The molecule has 3 heterocycles. The van der Waals surface area contributed by atoms with Crippen LogP contribution in [0, 0.1) is 0 Å². The van der Waals surface area contributed by atoms with E-state index in [9.17, 15) is 4.79 Å². The summed E-state index contributed by atoms with van der Waals surface area (Å²) >= 11 is 0. The predicted molar refractivity (Wildman–Crippen MR) is 105 cm³/mol. The molecule has 8 nitrogen and oxygen atoms in total. The average molecular weight is 365 g/mol. The van der Waals surface area contributed by atoms with Crippen LogP contribution in [-0.2, 0) is 13.1 Å². The molecule has 1 aromatic carbocycles. The maximum Gasteiger partial charge on any atom is 0.254 e. The van der Waals surface area contributed by atoms with Crippen LogP contribution >= 0.6 is 0 Å². The van der Waals surface area contributed by atoms with Gasteiger partial charge >= 0.3 is 0 Å². The van der Waals surface area contributed by atoms with Gasteiger partial charge in [-0.1, -0.05) is 24.3 Å². The van der Waals surface area contributed by atoms with E-state index in [-0.39, 0.29) is 11.5 Å². The Morgan fingerprint density at radius 1 is 1.04 bits per heavy atom. The van der Waals surface area contributed by atoms with Crippen molar-refractivity contribution in [2.24, 2.45) is 0 Å². The van der Waals surface area contributed by atoms with Gasteiger partial charge in [0.25, 0.3) is 5.56 Å². The Hall–Kier alpha value is -3.13. The first-order chi connectivity index (χ1) is 13.2. The molecule has 1 saturated heterocycles. The van der Waals surface area contributed by atoms with Gasteiger partial charge in [0.15, 0.2) is 0 Å². The number of benzene rings is 1. The van der Waals surface area contributed by atoms with Crippen molar-refractivity contribution in [2.75, 3.05) is 36.8 Å². The molecule has 0 saturated carbocycles. The van der Waals surface area contributed by atoms with Crippen LogP contribution in [0.15, 0.2) is 53.6 Å². The number of nitrogens with two attached hydrogens (primary N) is 1. The smallest absolute Gasteiger partial charge is 0.254 e. The van der Waals surface area contributed by atoms with Crippen LogP contribution in [0.2, 0.25) is 0 Å². The van der Waals surface area contributed by atoms with Gasteiger partial charge in [0.2, 0.25) is 5.95 Å². The molecule has 4 rings (SSSR count). The van der Waals surface area contributed by atoms with Gasteiger partial charge in [-0.25, -0.2) is 0 Å². The molecule has 1 aliphatic rings. The molecule has 8 heteroatoms. The lowest BCUT2D eigenvalue weighted by Gasteiger charge is -2.35. The quantitative estimate of drug-likeness (QED) is 0.698. The van der Waals surface area contributed by atoms with Crippen LogP contribution in [0.1, 0.15) is 11.1 Å². The highest BCUT2D eigenvalue weighted by Gasteiger charge is 2.19. The van der Waals surface area contributed by atoms with Crippen LogP contribution in [0.5, 0.6) is 0 Å². The second-order valence-corrected chi connectivity index (χ2v) is 6.78. The van der Waals surface area contributed by atoms with Crippen molar-refractivity contribution in [2.45, 2.75) is 13.1 Å². The van der Waals surface area contributed by atoms with E-state index in [2.05, 4.69) is 49.1 Å². The second-order valence-electron chi connectivity index (χ2n) is 6.78. The summed E-state index contributed by atoms with van der Waals surface area (Å²) in [4.78, 5) is 22.8. The van der Waals surface area contributed by atoms with Gasteiger partial charge in [0.1, 0.15) is 5.82 Å². The SMILES string of the molecule is Nc1nc(N2CCN(Cc3cccc(Cn4cccn4)c3)CC2)cc(=O)[nH]1. The summed E-state index contributed by atoms with van der Waals surface area (Å²) in [6.07, 6.45) is 3.77. The molecule has 140 valence electrons. The summed E-state index contributed by atoms with van der Waals surface area (Å²) in [7, 11) is 0. The fourth-order valence-electron chi connectivity index (χ4n) is 3.43. The number of aromatic amines is 1. The minimum atomic E-state index is -0.214. The Morgan fingerprint density at radius 2 is 1.81 bits per heavy atom. The molecule has 0 spiro atoms. The molecule has 0 unspecified atom stereocenters. The summed E-state index contributed by atoms with van der Waals surface area (Å²) < 4.78 is 1.93. The van der Waals surface area contributed by atoms with Crippen molar-refractivity contribution in [1.82, 2.24) is 24.6 Å². The first-order valence-electron chi connectivity index (χ1n) is 9.05. The molecule has 27 heavy (non-hydrogen) atoms. The van der Waals surface area contributed by atoms with Crippen molar-refractivity contribution >= 4 is 11.8 Å². The predicted octanol–water partition coefficient (Wildman–Crippen LogP) is 0.919. The highest BCUT2D eigenvalue weighted by molar-refractivity contribution is 5.41. The zero-order valence-corrected chi connectivity index (χ0v) is 15.1. The van der Waals surface area contributed by atoms with E-state index in [4.69, 9.17) is 5.73 Å². The molecule has 0 radical (unpaired) electrons. The number of nitrogen functional groups attached to an aromatic ring is 1. The number of piperazine rings is 1. The number of H-pyrrole nitrogens is 1. The molecule has 3 aromatic rings. The zero-order valence-electron chi connectivity index (χ0n) is 15.1. The van der Waals surface area contributed by atoms with E-state index in [0.717, 1.165) is 39.3 Å². The third kappa shape index (κ3) is 4.35. The van der Waals surface area contributed by atoms with E-state index in [0.29, 0.717) is 5.82 Å². The monoisotopic (exact) mass is 365 g/mol. The maximum absolute atomic E-state index is 11.6. The second kappa shape index (κ2) is 7.63. The average Bonchev–Trinajstić information content (AvgIpc) is 3.15. The van der Waals surface area contributed by atoms with Crippen molar-refractivity contribution in [1.29, 1.82) is 0 Å². The molecule has 0 aliphatic carbocycles.